The summed E-state index contributed by atoms with van der Waals surface area (Å²) in [5.74, 6) is 0. The Morgan fingerprint density at radius 2 is 2.25 bits per heavy atom. The largest absolute Gasteiger partial charge is 0.143 e. The highest BCUT2D eigenvalue weighted by molar-refractivity contribution is 7.84. The Bertz CT molecular complexity index is 120. The normalized spacial score (nSPS) is 12.5. The van der Waals surface area contributed by atoms with E-state index in [-0.39, 0.29) is 0 Å². The molecule has 1 heteroatoms. The summed E-state index contributed by atoms with van der Waals surface area (Å²) in [7, 11) is 0. The maximum atomic E-state index is 4.06. The number of thiol groups is 1. The maximum Gasteiger partial charge on any atom is 0.00339 e. The van der Waals surface area contributed by atoms with E-state index in [1.807, 2.05) is 25.2 Å². The van der Waals surface area contributed by atoms with E-state index < -0.39 is 0 Å². The molecule has 0 rings (SSSR count). The Morgan fingerprint density at radius 3 is 2.62 bits per heavy atom. The van der Waals surface area contributed by atoms with Gasteiger partial charge in [0.25, 0.3) is 0 Å². The van der Waals surface area contributed by atoms with E-state index in [0.29, 0.717) is 0 Å². The van der Waals surface area contributed by atoms with Gasteiger partial charge in [-0.2, -0.15) is 0 Å². The topological polar surface area (TPSA) is 0 Å². The zero-order chi connectivity index (χ0) is 6.41. The molecule has 0 aliphatic heterocycles. The fourth-order valence-corrected chi connectivity index (χ4v) is 0.349. The molecule has 0 saturated carbocycles. The van der Waals surface area contributed by atoms with Crippen molar-refractivity contribution in [2.45, 2.75) is 6.92 Å². The van der Waals surface area contributed by atoms with Gasteiger partial charge in [0, 0.05) is 4.91 Å². The van der Waals surface area contributed by atoms with Crippen LogP contribution in [-0.4, -0.2) is 0 Å². The second-order valence-corrected chi connectivity index (χ2v) is 1.84. The summed E-state index contributed by atoms with van der Waals surface area (Å²) in [6.07, 6.45) is 7.45. The summed E-state index contributed by atoms with van der Waals surface area (Å²) in [4.78, 5) is 0.892. The van der Waals surface area contributed by atoms with Gasteiger partial charge in [-0.1, -0.05) is 24.8 Å². The third kappa shape index (κ3) is 3.75. The first-order chi connectivity index (χ1) is 3.81. The van der Waals surface area contributed by atoms with Crippen molar-refractivity contribution in [3.63, 3.8) is 0 Å². The number of hydrogen-bond acceptors (Lipinski definition) is 1. The molecule has 0 atom stereocenters. The van der Waals surface area contributed by atoms with Crippen molar-refractivity contribution in [1.29, 1.82) is 0 Å². The highest BCUT2D eigenvalue weighted by Gasteiger charge is 1.71. The molecule has 0 heterocycles. The molecule has 0 nitrogen and oxygen atoms in total. The Kier molecular flexibility index (Phi) is 4.47. The Morgan fingerprint density at radius 1 is 1.62 bits per heavy atom. The fourth-order valence-electron chi connectivity index (χ4n) is 0.263. The van der Waals surface area contributed by atoms with Crippen LogP contribution >= 0.6 is 12.6 Å². The quantitative estimate of drug-likeness (QED) is 0.426. The van der Waals surface area contributed by atoms with Crippen molar-refractivity contribution in [2.24, 2.45) is 0 Å². The molecule has 0 aliphatic rings. The Labute approximate surface area is 56.0 Å². The summed E-state index contributed by atoms with van der Waals surface area (Å²) in [5, 5.41) is 0. The Balaban J connectivity index is 3.74. The van der Waals surface area contributed by atoms with E-state index in [2.05, 4.69) is 19.2 Å². The first-order valence-corrected chi connectivity index (χ1v) is 2.90. The lowest BCUT2D eigenvalue weighted by atomic mass is 10.4. The number of allylic oxidation sites excluding steroid dienone is 4. The van der Waals surface area contributed by atoms with Gasteiger partial charge >= 0.3 is 0 Å². The van der Waals surface area contributed by atoms with Crippen LogP contribution in [0.5, 0.6) is 0 Å². The van der Waals surface area contributed by atoms with Crippen molar-refractivity contribution in [1.82, 2.24) is 0 Å². The van der Waals surface area contributed by atoms with Crippen molar-refractivity contribution >= 4 is 12.6 Å². The molecule has 0 aromatic carbocycles. The van der Waals surface area contributed by atoms with E-state index in [0.717, 1.165) is 4.91 Å². The SMILES string of the molecule is C=C/C(S)=C\C=C\C. The molecule has 0 aromatic rings. The standard InChI is InChI=1S/C7H10S/c1-3-5-6-7(8)4-2/h3-6,8H,2H2,1H3/b5-3+,7-6+. The van der Waals surface area contributed by atoms with Gasteiger partial charge in [0.1, 0.15) is 0 Å². The minimum absolute atomic E-state index is 0.892. The smallest absolute Gasteiger partial charge is 0.00339 e. The van der Waals surface area contributed by atoms with Gasteiger partial charge in [-0.25, -0.2) is 0 Å². The van der Waals surface area contributed by atoms with Crippen LogP contribution in [-0.2, 0) is 0 Å². The van der Waals surface area contributed by atoms with Gasteiger partial charge in [-0.3, -0.25) is 0 Å². The number of hydrogen-bond donors (Lipinski definition) is 1. The minimum Gasteiger partial charge on any atom is -0.143 e. The highest BCUT2D eigenvalue weighted by Crippen LogP contribution is 1.99. The van der Waals surface area contributed by atoms with Gasteiger partial charge in [0.05, 0.1) is 0 Å². The molecular weight excluding hydrogens is 116 g/mol. The van der Waals surface area contributed by atoms with Crippen molar-refractivity contribution < 1.29 is 0 Å². The highest BCUT2D eigenvalue weighted by atomic mass is 32.1. The summed E-state index contributed by atoms with van der Waals surface area (Å²) >= 11 is 4.06. The monoisotopic (exact) mass is 126 g/mol. The molecule has 0 unspecified atom stereocenters. The van der Waals surface area contributed by atoms with E-state index >= 15 is 0 Å². The number of rotatable bonds is 2. The summed E-state index contributed by atoms with van der Waals surface area (Å²) in [5.41, 5.74) is 0. The first-order valence-electron chi connectivity index (χ1n) is 2.45. The molecule has 44 valence electrons. The van der Waals surface area contributed by atoms with Crippen molar-refractivity contribution in [3.05, 3.63) is 35.8 Å². The van der Waals surface area contributed by atoms with Crippen LogP contribution in [0.3, 0.4) is 0 Å². The summed E-state index contributed by atoms with van der Waals surface area (Å²) in [6.45, 7) is 5.49. The fraction of sp³-hybridized carbons (Fsp3) is 0.143. The first kappa shape index (κ1) is 7.57. The average Bonchev–Trinajstić information content (AvgIpc) is 1.83. The van der Waals surface area contributed by atoms with Crippen LogP contribution in [0.4, 0.5) is 0 Å². The van der Waals surface area contributed by atoms with E-state index in [1.54, 1.807) is 6.08 Å². The van der Waals surface area contributed by atoms with Crippen LogP contribution in [0.25, 0.3) is 0 Å². The third-order valence-electron chi connectivity index (χ3n) is 0.669. The maximum absolute atomic E-state index is 4.06. The molecule has 0 aliphatic carbocycles. The lowest BCUT2D eigenvalue weighted by Crippen LogP contribution is -1.55. The van der Waals surface area contributed by atoms with Gasteiger partial charge in [-0.15, -0.1) is 12.6 Å². The van der Waals surface area contributed by atoms with Crippen LogP contribution in [0, 0.1) is 0 Å². The molecule has 0 N–H and O–H groups in total. The minimum atomic E-state index is 0.892. The summed E-state index contributed by atoms with van der Waals surface area (Å²) in [6, 6.07) is 0. The van der Waals surface area contributed by atoms with E-state index in [1.165, 1.54) is 0 Å². The van der Waals surface area contributed by atoms with Crippen LogP contribution in [0.2, 0.25) is 0 Å². The average molecular weight is 126 g/mol. The molecule has 0 bridgehead atoms. The van der Waals surface area contributed by atoms with Crippen molar-refractivity contribution in [2.75, 3.05) is 0 Å². The third-order valence-corrected chi connectivity index (χ3v) is 1.00. The Hall–Kier alpha value is -0.430. The van der Waals surface area contributed by atoms with Gasteiger partial charge < -0.3 is 0 Å². The molecule has 0 spiro atoms. The lowest BCUT2D eigenvalue weighted by Gasteiger charge is -1.80. The van der Waals surface area contributed by atoms with Gasteiger partial charge in [0.2, 0.25) is 0 Å². The molecular formula is C7H10S. The van der Waals surface area contributed by atoms with Crippen LogP contribution in [0.1, 0.15) is 6.92 Å². The van der Waals surface area contributed by atoms with Crippen molar-refractivity contribution in [3.8, 4) is 0 Å². The second-order valence-electron chi connectivity index (χ2n) is 1.32. The lowest BCUT2D eigenvalue weighted by molar-refractivity contribution is 1.73. The molecule has 0 fully saturated rings. The van der Waals surface area contributed by atoms with Crippen LogP contribution in [0.15, 0.2) is 35.8 Å². The van der Waals surface area contributed by atoms with E-state index in [4.69, 9.17) is 0 Å². The molecule has 0 amide bonds. The molecule has 0 saturated heterocycles. The predicted octanol–water partition coefficient (Wildman–Crippen LogP) is 2.56. The zero-order valence-corrected chi connectivity index (χ0v) is 5.86. The van der Waals surface area contributed by atoms with Gasteiger partial charge in [-0.05, 0) is 13.0 Å². The summed E-state index contributed by atoms with van der Waals surface area (Å²) < 4.78 is 0. The second kappa shape index (κ2) is 4.72. The molecule has 0 radical (unpaired) electrons. The molecule has 8 heavy (non-hydrogen) atoms. The van der Waals surface area contributed by atoms with Crippen LogP contribution < -0.4 is 0 Å². The molecule has 0 aromatic heterocycles. The predicted molar refractivity (Wildman–Crippen MR) is 42.1 cm³/mol. The van der Waals surface area contributed by atoms with Gasteiger partial charge in [0.15, 0.2) is 0 Å². The van der Waals surface area contributed by atoms with E-state index in [9.17, 15) is 0 Å². The zero-order valence-electron chi connectivity index (χ0n) is 4.96.